The average Bonchev–Trinajstić information content (AvgIpc) is 3.31. The monoisotopic (exact) mass is 462 g/mol. The second kappa shape index (κ2) is 10.2. The summed E-state index contributed by atoms with van der Waals surface area (Å²) in [4.78, 5) is 12.0. The van der Waals surface area contributed by atoms with Gasteiger partial charge in [0.15, 0.2) is 5.78 Å². The van der Waals surface area contributed by atoms with Gasteiger partial charge in [-0.05, 0) is 41.8 Å². The van der Waals surface area contributed by atoms with Crippen molar-refractivity contribution in [2.24, 2.45) is 0 Å². The third-order valence-corrected chi connectivity index (χ3v) is 6.18. The molecule has 8 heteroatoms. The molecule has 0 saturated carbocycles. The number of ketones is 1. The molecule has 2 saturated heterocycles. The van der Waals surface area contributed by atoms with Crippen LogP contribution in [-0.4, -0.2) is 61.2 Å². The van der Waals surface area contributed by atoms with E-state index in [1.807, 2.05) is 30.3 Å². The molecule has 0 radical (unpaired) electrons. The molecule has 4 atom stereocenters. The number of carbonyl (C=O) groups is 1. The highest BCUT2D eigenvalue weighted by molar-refractivity contribution is 6.31. The maximum atomic E-state index is 12.0. The van der Waals surface area contributed by atoms with Crippen molar-refractivity contribution in [3.8, 4) is 11.5 Å². The van der Waals surface area contributed by atoms with Crippen LogP contribution in [0.4, 0.5) is 0 Å². The van der Waals surface area contributed by atoms with Gasteiger partial charge in [-0.2, -0.15) is 0 Å². The van der Waals surface area contributed by atoms with E-state index in [9.17, 15) is 15.0 Å². The van der Waals surface area contributed by atoms with E-state index in [1.165, 1.54) is 7.11 Å². The van der Waals surface area contributed by atoms with Gasteiger partial charge < -0.3 is 29.2 Å². The fraction of sp³-hybridized carbons (Fsp3) is 0.458. The summed E-state index contributed by atoms with van der Waals surface area (Å²) in [5, 5.41) is 20.1. The normalized spacial score (nSPS) is 25.7. The van der Waals surface area contributed by atoms with Crippen molar-refractivity contribution < 1.29 is 34.0 Å². The van der Waals surface area contributed by atoms with Crippen LogP contribution in [0.3, 0.4) is 0 Å². The summed E-state index contributed by atoms with van der Waals surface area (Å²) in [6.45, 7) is 0.860. The number of methoxy groups -OCH3 is 1. The molecule has 0 spiro atoms. The topological polar surface area (TPSA) is 94.5 Å². The Bertz CT molecular complexity index is 940. The molecule has 0 bridgehead atoms. The highest BCUT2D eigenvalue weighted by atomic mass is 35.5. The number of carbonyl (C=O) groups excluding carboxylic acids is 1. The van der Waals surface area contributed by atoms with E-state index in [0.717, 1.165) is 29.9 Å². The van der Waals surface area contributed by atoms with Crippen molar-refractivity contribution in [3.63, 3.8) is 0 Å². The number of halogens is 1. The summed E-state index contributed by atoms with van der Waals surface area (Å²) in [7, 11) is 1.52. The van der Waals surface area contributed by atoms with E-state index in [4.69, 9.17) is 30.5 Å². The summed E-state index contributed by atoms with van der Waals surface area (Å²) in [6.07, 6.45) is -1.22. The molecule has 2 aliphatic heterocycles. The van der Waals surface area contributed by atoms with Gasteiger partial charge in [0.2, 0.25) is 0 Å². The first kappa shape index (κ1) is 23.0. The van der Waals surface area contributed by atoms with Crippen LogP contribution in [-0.2, 0) is 20.7 Å². The lowest BCUT2D eigenvalue weighted by atomic mass is 9.92. The van der Waals surface area contributed by atoms with E-state index in [1.54, 1.807) is 6.07 Å². The van der Waals surface area contributed by atoms with Gasteiger partial charge in [0.05, 0.1) is 33.0 Å². The maximum Gasteiger partial charge on any atom is 0.192 e. The smallest absolute Gasteiger partial charge is 0.192 e. The van der Waals surface area contributed by atoms with E-state index >= 15 is 0 Å². The first-order valence-corrected chi connectivity index (χ1v) is 11.0. The molecule has 172 valence electrons. The van der Waals surface area contributed by atoms with Crippen LogP contribution in [0.25, 0.3) is 0 Å². The Kier molecular flexibility index (Phi) is 7.33. The van der Waals surface area contributed by atoms with Crippen LogP contribution in [0.5, 0.6) is 11.5 Å². The largest absolute Gasteiger partial charge is 0.496 e. The molecule has 2 heterocycles. The van der Waals surface area contributed by atoms with Gasteiger partial charge in [-0.3, -0.25) is 4.79 Å². The minimum Gasteiger partial charge on any atom is -0.496 e. The molecule has 2 aromatic rings. The number of rotatable bonds is 7. The number of aliphatic hydroxyl groups excluding tert-OH is 2. The molecular weight excluding hydrogens is 436 g/mol. The van der Waals surface area contributed by atoms with Gasteiger partial charge >= 0.3 is 0 Å². The minimum absolute atomic E-state index is 0.0870. The Balaban J connectivity index is 1.53. The van der Waals surface area contributed by atoms with E-state index in [0.29, 0.717) is 29.4 Å². The zero-order valence-corrected chi connectivity index (χ0v) is 18.6. The van der Waals surface area contributed by atoms with Crippen LogP contribution in [0, 0.1) is 0 Å². The van der Waals surface area contributed by atoms with Gasteiger partial charge in [0.25, 0.3) is 0 Å². The molecule has 2 N–H and O–H groups in total. The predicted molar refractivity (Wildman–Crippen MR) is 117 cm³/mol. The van der Waals surface area contributed by atoms with Crippen LogP contribution < -0.4 is 9.47 Å². The fourth-order valence-corrected chi connectivity index (χ4v) is 4.30. The highest BCUT2D eigenvalue weighted by Gasteiger charge is 2.37. The number of benzene rings is 2. The van der Waals surface area contributed by atoms with Crippen molar-refractivity contribution in [1.29, 1.82) is 0 Å². The minimum atomic E-state index is -1.20. The molecule has 32 heavy (non-hydrogen) atoms. The second-order valence-corrected chi connectivity index (χ2v) is 8.47. The Labute approximate surface area is 191 Å². The van der Waals surface area contributed by atoms with Crippen LogP contribution in [0.2, 0.25) is 5.02 Å². The average molecular weight is 463 g/mol. The standard InChI is InChI=1S/C24H27ClO7/c1-29-21-10-19(25)15(9-18(21)22-11-20(27)24(28)23(12-26)32-22)8-14-2-4-16(5-3-14)31-17-6-7-30-13-17/h2-5,9-10,17,20,22-23,26-27H,6-8,11-13H2,1H3/t17-,20+,22+,23+/m0/s1. The number of aliphatic hydroxyl groups is 2. The van der Waals surface area contributed by atoms with Crippen LogP contribution >= 0.6 is 11.6 Å². The summed E-state index contributed by atoms with van der Waals surface area (Å²) in [5.74, 6) is 0.794. The van der Waals surface area contributed by atoms with Gasteiger partial charge in [0.1, 0.15) is 29.8 Å². The molecule has 0 aromatic heterocycles. The number of hydrogen-bond acceptors (Lipinski definition) is 7. The van der Waals surface area contributed by atoms with E-state index in [2.05, 4.69) is 0 Å². The third kappa shape index (κ3) is 5.08. The van der Waals surface area contributed by atoms with Gasteiger partial charge in [0, 0.05) is 23.4 Å². The van der Waals surface area contributed by atoms with Gasteiger partial charge in [-0.1, -0.05) is 23.7 Å². The molecule has 0 aliphatic carbocycles. The van der Waals surface area contributed by atoms with Crippen LogP contribution in [0.1, 0.15) is 35.6 Å². The Morgan fingerprint density at radius 2 is 2.00 bits per heavy atom. The molecule has 0 unspecified atom stereocenters. The molecular formula is C24H27ClO7. The maximum absolute atomic E-state index is 12.0. The Hall–Kier alpha value is -2.16. The molecule has 0 amide bonds. The second-order valence-electron chi connectivity index (χ2n) is 8.06. The predicted octanol–water partition coefficient (Wildman–Crippen LogP) is 2.86. The Morgan fingerprint density at radius 1 is 1.22 bits per heavy atom. The number of Topliss-reactive ketones (excluding diaryl/α,β-unsaturated/α-hetero) is 1. The molecule has 2 aromatic carbocycles. The van der Waals surface area contributed by atoms with Gasteiger partial charge in [-0.15, -0.1) is 0 Å². The molecule has 2 fully saturated rings. The molecule has 7 nitrogen and oxygen atoms in total. The molecule has 4 rings (SSSR count). The summed E-state index contributed by atoms with van der Waals surface area (Å²) >= 11 is 6.52. The quantitative estimate of drug-likeness (QED) is 0.653. The van der Waals surface area contributed by atoms with Crippen molar-refractivity contribution in [3.05, 3.63) is 58.1 Å². The first-order chi connectivity index (χ1) is 15.5. The lowest BCUT2D eigenvalue weighted by Gasteiger charge is -2.32. The number of hydrogen-bond donors (Lipinski definition) is 2. The van der Waals surface area contributed by atoms with Crippen molar-refractivity contribution >= 4 is 17.4 Å². The summed E-state index contributed by atoms with van der Waals surface area (Å²) in [6, 6.07) is 11.4. The van der Waals surface area contributed by atoms with E-state index in [-0.39, 0.29) is 12.5 Å². The van der Waals surface area contributed by atoms with Crippen molar-refractivity contribution in [2.75, 3.05) is 26.9 Å². The summed E-state index contributed by atoms with van der Waals surface area (Å²) in [5.41, 5.74) is 2.58. The summed E-state index contributed by atoms with van der Waals surface area (Å²) < 4.78 is 22.5. The van der Waals surface area contributed by atoms with E-state index < -0.39 is 30.7 Å². The fourth-order valence-electron chi connectivity index (χ4n) is 4.07. The Morgan fingerprint density at radius 3 is 2.66 bits per heavy atom. The number of ether oxygens (including phenoxy) is 4. The van der Waals surface area contributed by atoms with Crippen molar-refractivity contribution in [2.45, 2.75) is 43.7 Å². The first-order valence-electron chi connectivity index (χ1n) is 10.7. The zero-order valence-electron chi connectivity index (χ0n) is 17.8. The zero-order chi connectivity index (χ0) is 22.7. The third-order valence-electron chi connectivity index (χ3n) is 5.83. The highest BCUT2D eigenvalue weighted by Crippen LogP contribution is 2.39. The molecule has 2 aliphatic rings. The SMILES string of the molecule is COc1cc(Cl)c(Cc2ccc(O[C@H]3CCOC3)cc2)cc1[C@H]1C[C@@H](O)C(=O)[C@@H](CO)O1. The van der Waals surface area contributed by atoms with Crippen LogP contribution in [0.15, 0.2) is 36.4 Å². The van der Waals surface area contributed by atoms with Crippen molar-refractivity contribution in [1.82, 2.24) is 0 Å². The lowest BCUT2D eigenvalue weighted by molar-refractivity contribution is -0.162. The van der Waals surface area contributed by atoms with Gasteiger partial charge in [-0.25, -0.2) is 0 Å². The lowest BCUT2D eigenvalue weighted by Crippen LogP contribution is -2.43.